The third-order valence-electron chi connectivity index (χ3n) is 4.07. The van der Waals surface area contributed by atoms with Gasteiger partial charge in [-0.05, 0) is 43.3 Å². The first-order chi connectivity index (χ1) is 14.5. The van der Waals surface area contributed by atoms with Crippen LogP contribution in [0.5, 0.6) is 0 Å². The average molecular weight is 403 g/mol. The van der Waals surface area contributed by atoms with E-state index in [-0.39, 0.29) is 5.91 Å². The van der Waals surface area contributed by atoms with Crippen molar-refractivity contribution in [2.45, 2.75) is 13.8 Å². The predicted octanol–water partition coefficient (Wildman–Crippen LogP) is 1.88. The molecular weight excluding hydrogens is 384 g/mol. The van der Waals surface area contributed by atoms with E-state index in [1.807, 2.05) is 67.6 Å². The Morgan fingerprint density at radius 2 is 1.80 bits per heavy atom. The minimum absolute atomic E-state index is 0.333. The van der Waals surface area contributed by atoms with E-state index in [1.54, 1.807) is 9.48 Å². The Balaban J connectivity index is 0.000000503. The lowest BCUT2D eigenvalue weighted by Gasteiger charge is -1.97. The highest BCUT2D eigenvalue weighted by Gasteiger charge is 2.22. The van der Waals surface area contributed by atoms with Crippen molar-refractivity contribution in [3.8, 4) is 23.0 Å². The van der Waals surface area contributed by atoms with Crippen molar-refractivity contribution in [1.82, 2.24) is 30.5 Å². The Morgan fingerprint density at radius 3 is 2.50 bits per heavy atom. The smallest absolute Gasteiger partial charge is 0.372 e. The summed E-state index contributed by atoms with van der Waals surface area (Å²) in [5, 5.41) is 20.0. The van der Waals surface area contributed by atoms with Crippen molar-refractivity contribution in [2.24, 2.45) is 5.73 Å². The van der Waals surface area contributed by atoms with Crippen LogP contribution in [0.2, 0.25) is 0 Å². The minimum atomic E-state index is -0.333. The lowest BCUT2D eigenvalue weighted by Crippen LogP contribution is -2.35. The molecule has 3 N–H and O–H groups in total. The molecule has 0 aliphatic carbocycles. The zero-order valence-corrected chi connectivity index (χ0v) is 16.4. The lowest BCUT2D eigenvalue weighted by atomic mass is 10.2. The number of carbonyl (C=O) groups excluding carboxylic acids is 1. The molecule has 0 aliphatic heterocycles. The second-order valence-corrected chi connectivity index (χ2v) is 6.48. The Morgan fingerprint density at radius 1 is 1.07 bits per heavy atom. The fourth-order valence-electron chi connectivity index (χ4n) is 2.82. The van der Waals surface area contributed by atoms with Crippen molar-refractivity contribution in [3.63, 3.8) is 0 Å². The van der Waals surface area contributed by atoms with E-state index in [2.05, 4.69) is 31.5 Å². The zero-order chi connectivity index (χ0) is 21.1. The summed E-state index contributed by atoms with van der Waals surface area (Å²) in [6.07, 6.45) is 0. The molecule has 0 saturated heterocycles. The predicted molar refractivity (Wildman–Crippen MR) is 108 cm³/mol. The van der Waals surface area contributed by atoms with Crippen LogP contribution in [0.4, 0.5) is 0 Å². The SMILES string of the molecule is CC(N)=O.Cc1ccc(-c2nn[nH][n+]2-c2ccc3nn(-c4ccccc4)nc3c2)o1. The van der Waals surface area contributed by atoms with Crippen LogP contribution in [-0.2, 0) is 4.79 Å². The molecule has 0 saturated carbocycles. The Hall–Kier alpha value is -4.34. The number of aromatic amines is 1. The number of hydrogen-bond donors (Lipinski definition) is 2. The van der Waals surface area contributed by atoms with Crippen molar-refractivity contribution >= 4 is 16.9 Å². The number of carbonyl (C=O) groups is 1. The number of aryl methyl sites for hydroxylation is 1. The van der Waals surface area contributed by atoms with Gasteiger partial charge in [-0.25, -0.2) is 0 Å². The molecule has 150 valence electrons. The molecule has 0 radical (unpaired) electrons. The summed E-state index contributed by atoms with van der Waals surface area (Å²) in [7, 11) is 0. The van der Waals surface area contributed by atoms with Gasteiger partial charge < -0.3 is 10.2 Å². The molecule has 30 heavy (non-hydrogen) atoms. The van der Waals surface area contributed by atoms with Gasteiger partial charge in [0.1, 0.15) is 27.6 Å². The van der Waals surface area contributed by atoms with E-state index in [0.717, 1.165) is 28.2 Å². The maximum atomic E-state index is 9.22. The Kier molecular flexibility index (Phi) is 5.04. The second kappa shape index (κ2) is 7.95. The number of fused-ring (bicyclic) bond motifs is 1. The summed E-state index contributed by atoms with van der Waals surface area (Å²) in [5.41, 5.74) is 7.80. The molecule has 2 aromatic carbocycles. The fraction of sp³-hybridized carbons (Fsp3) is 0.100. The van der Waals surface area contributed by atoms with Gasteiger partial charge in [-0.15, -0.1) is 14.9 Å². The van der Waals surface area contributed by atoms with Crippen molar-refractivity contribution in [2.75, 3.05) is 0 Å². The molecule has 0 atom stereocenters. The molecule has 5 aromatic rings. The highest BCUT2D eigenvalue weighted by molar-refractivity contribution is 5.75. The number of nitrogens with two attached hydrogens (primary N) is 1. The molecule has 1 amide bonds. The summed E-state index contributed by atoms with van der Waals surface area (Å²) < 4.78 is 7.41. The highest BCUT2D eigenvalue weighted by Crippen LogP contribution is 2.19. The topological polar surface area (TPSA) is 132 Å². The lowest BCUT2D eigenvalue weighted by molar-refractivity contribution is -0.650. The van der Waals surface area contributed by atoms with Crippen LogP contribution in [0.3, 0.4) is 0 Å². The summed E-state index contributed by atoms with van der Waals surface area (Å²) in [4.78, 5) is 10.8. The van der Waals surface area contributed by atoms with Gasteiger partial charge in [0, 0.05) is 13.0 Å². The number of hydrogen-bond acceptors (Lipinski definition) is 6. The molecule has 0 aliphatic rings. The number of tetrazole rings is 1. The van der Waals surface area contributed by atoms with E-state index in [0.29, 0.717) is 11.6 Å². The van der Waals surface area contributed by atoms with Crippen LogP contribution < -0.4 is 10.4 Å². The normalized spacial score (nSPS) is 10.6. The number of nitrogens with zero attached hydrogens (tertiary/aromatic N) is 6. The first-order valence-electron chi connectivity index (χ1n) is 9.10. The van der Waals surface area contributed by atoms with Gasteiger partial charge in [0.25, 0.3) is 0 Å². The Bertz CT molecular complexity index is 1300. The van der Waals surface area contributed by atoms with Crippen LogP contribution in [-0.4, -0.2) is 36.4 Å². The molecular formula is C20H19N8O2+. The third kappa shape index (κ3) is 3.92. The number of furan rings is 1. The summed E-state index contributed by atoms with van der Waals surface area (Å²) in [6.45, 7) is 3.20. The Labute approximate surface area is 170 Å². The second-order valence-electron chi connectivity index (χ2n) is 6.48. The molecule has 0 bridgehead atoms. The van der Waals surface area contributed by atoms with Gasteiger partial charge in [-0.1, -0.05) is 23.4 Å². The number of aromatic nitrogens is 7. The molecule has 3 heterocycles. The summed E-state index contributed by atoms with van der Waals surface area (Å²) in [5.74, 6) is 1.72. The number of primary amides is 1. The van der Waals surface area contributed by atoms with Crippen LogP contribution in [0, 0.1) is 6.92 Å². The van der Waals surface area contributed by atoms with Crippen molar-refractivity contribution in [3.05, 3.63) is 66.4 Å². The van der Waals surface area contributed by atoms with E-state index in [4.69, 9.17) is 4.42 Å². The number of nitrogens with one attached hydrogen (secondary N) is 1. The number of para-hydroxylation sites is 1. The molecule has 0 unspecified atom stereocenters. The van der Waals surface area contributed by atoms with Crippen LogP contribution >= 0.6 is 0 Å². The maximum absolute atomic E-state index is 9.22. The number of H-pyrrole nitrogens is 1. The number of amides is 1. The van der Waals surface area contributed by atoms with Crippen LogP contribution in [0.15, 0.2) is 65.1 Å². The molecule has 3 aromatic heterocycles. The number of rotatable bonds is 3. The van der Waals surface area contributed by atoms with Crippen LogP contribution in [0.1, 0.15) is 12.7 Å². The largest absolute Gasteiger partial charge is 0.455 e. The van der Waals surface area contributed by atoms with Crippen molar-refractivity contribution < 1.29 is 13.9 Å². The number of benzene rings is 2. The van der Waals surface area contributed by atoms with E-state index in [9.17, 15) is 4.79 Å². The molecule has 10 nitrogen and oxygen atoms in total. The molecule has 10 heteroatoms. The zero-order valence-electron chi connectivity index (χ0n) is 16.4. The monoisotopic (exact) mass is 403 g/mol. The van der Waals surface area contributed by atoms with Crippen molar-refractivity contribution in [1.29, 1.82) is 0 Å². The maximum Gasteiger partial charge on any atom is 0.372 e. The fourth-order valence-corrected chi connectivity index (χ4v) is 2.82. The minimum Gasteiger partial charge on any atom is -0.455 e. The molecule has 5 rings (SSSR count). The van der Waals surface area contributed by atoms with Gasteiger partial charge in [0.05, 0.1) is 5.69 Å². The van der Waals surface area contributed by atoms with E-state index >= 15 is 0 Å². The quantitative estimate of drug-likeness (QED) is 0.442. The third-order valence-corrected chi connectivity index (χ3v) is 4.07. The van der Waals surface area contributed by atoms with Gasteiger partial charge in [0.15, 0.2) is 5.21 Å². The van der Waals surface area contributed by atoms with E-state index < -0.39 is 0 Å². The van der Waals surface area contributed by atoms with Gasteiger partial charge in [-0.2, -0.15) is 4.80 Å². The van der Waals surface area contributed by atoms with Gasteiger partial charge in [-0.3, -0.25) is 4.79 Å². The standard InChI is InChI=1S/C18H13N7O.C2H5NO/c1-12-7-10-17(26-12)18-19-22-23-24(18)14-8-9-15-16(11-14)21-25(20-15)13-5-3-2-4-6-13;1-2(3)4/h2-11H,1H3;1H3,(H2,3,4)/p+1. The van der Waals surface area contributed by atoms with Gasteiger partial charge in [0.2, 0.25) is 11.7 Å². The first kappa shape index (κ1) is 19.0. The summed E-state index contributed by atoms with van der Waals surface area (Å²) in [6, 6.07) is 19.3. The van der Waals surface area contributed by atoms with Gasteiger partial charge >= 0.3 is 5.82 Å². The van der Waals surface area contributed by atoms with Crippen LogP contribution in [0.25, 0.3) is 34.0 Å². The van der Waals surface area contributed by atoms with E-state index in [1.165, 1.54) is 6.92 Å². The first-order valence-corrected chi connectivity index (χ1v) is 9.10. The average Bonchev–Trinajstić information content (AvgIpc) is 3.46. The molecule has 0 spiro atoms. The summed E-state index contributed by atoms with van der Waals surface area (Å²) >= 11 is 0. The highest BCUT2D eigenvalue weighted by atomic mass is 16.3. The molecule has 0 fully saturated rings.